The van der Waals surface area contributed by atoms with Crippen LogP contribution in [0.1, 0.15) is 48.7 Å². The summed E-state index contributed by atoms with van der Waals surface area (Å²) in [5.41, 5.74) is 1.54. The molecular formula is C27H33N3O5. The molecule has 8 heteroatoms. The van der Waals surface area contributed by atoms with Gasteiger partial charge in [0.05, 0.1) is 31.9 Å². The minimum atomic E-state index is -0.394. The minimum absolute atomic E-state index is 0.00895. The fourth-order valence-corrected chi connectivity index (χ4v) is 3.92. The van der Waals surface area contributed by atoms with Gasteiger partial charge in [-0.2, -0.15) is 0 Å². The van der Waals surface area contributed by atoms with E-state index in [0.29, 0.717) is 30.8 Å². The minimum Gasteiger partial charge on any atom is -0.495 e. The first kappa shape index (κ1) is 26.0. The van der Waals surface area contributed by atoms with E-state index in [9.17, 15) is 14.7 Å². The second-order valence-corrected chi connectivity index (χ2v) is 8.78. The third-order valence-corrected chi connectivity index (χ3v) is 6.15. The van der Waals surface area contributed by atoms with Gasteiger partial charge in [0.15, 0.2) is 0 Å². The van der Waals surface area contributed by atoms with E-state index in [0.717, 1.165) is 5.56 Å². The van der Waals surface area contributed by atoms with Gasteiger partial charge in [-0.05, 0) is 25.1 Å². The van der Waals surface area contributed by atoms with Crippen molar-refractivity contribution in [2.24, 2.45) is 5.92 Å². The zero-order valence-electron chi connectivity index (χ0n) is 20.9. The lowest BCUT2D eigenvalue weighted by atomic mass is 9.99. The van der Waals surface area contributed by atoms with Gasteiger partial charge >= 0.3 is 0 Å². The van der Waals surface area contributed by atoms with Crippen LogP contribution in [0.3, 0.4) is 0 Å². The second-order valence-electron chi connectivity index (χ2n) is 8.78. The number of fused-ring (bicyclic) bond motifs is 1. The van der Waals surface area contributed by atoms with Crippen molar-refractivity contribution in [1.82, 2.24) is 14.8 Å². The highest BCUT2D eigenvalue weighted by Gasteiger charge is 2.34. The molecule has 3 atom stereocenters. The van der Waals surface area contributed by atoms with Crippen molar-refractivity contribution in [1.29, 1.82) is 0 Å². The van der Waals surface area contributed by atoms with E-state index in [1.165, 1.54) is 0 Å². The Hall–Kier alpha value is -3.57. The molecule has 0 aliphatic carbocycles. The Bertz CT molecular complexity index is 1120. The van der Waals surface area contributed by atoms with E-state index in [4.69, 9.17) is 9.47 Å². The molecule has 1 aliphatic rings. The van der Waals surface area contributed by atoms with Gasteiger partial charge in [0.1, 0.15) is 17.4 Å². The maximum absolute atomic E-state index is 13.5. The number of carbonyl (C=O) groups excluding carboxylic acids is 2. The molecule has 2 aromatic rings. The van der Waals surface area contributed by atoms with Crippen LogP contribution in [0.15, 0.2) is 36.5 Å². The lowest BCUT2D eigenvalue weighted by Crippen LogP contribution is -2.50. The molecule has 0 unspecified atom stereocenters. The molecule has 1 aromatic carbocycles. The zero-order chi connectivity index (χ0) is 25.5. The summed E-state index contributed by atoms with van der Waals surface area (Å²) in [5, 5.41) is 9.80. The highest BCUT2D eigenvalue weighted by molar-refractivity contribution is 5.97. The number of pyridine rings is 1. The Morgan fingerprint density at radius 2 is 2.11 bits per heavy atom. The number of aromatic nitrogens is 1. The number of para-hydroxylation sites is 1. The monoisotopic (exact) mass is 479 g/mol. The predicted molar refractivity (Wildman–Crippen MR) is 132 cm³/mol. The molecule has 3 rings (SSSR count). The van der Waals surface area contributed by atoms with Crippen molar-refractivity contribution in [3.8, 4) is 23.5 Å². The number of methoxy groups -OCH3 is 1. The van der Waals surface area contributed by atoms with Gasteiger partial charge in [-0.3, -0.25) is 9.59 Å². The van der Waals surface area contributed by atoms with Crippen molar-refractivity contribution < 1.29 is 24.2 Å². The number of hydrogen-bond donors (Lipinski definition) is 1. The molecule has 186 valence electrons. The standard InChI is InChI=1S/C27H33N3O5/c1-6-25(32)29(4)16-24-18(2)15-30(19(3)17-31)27(33)22-13-20(14-28-26(22)35-24)11-12-21-9-7-8-10-23(21)34-5/h7-10,13-14,18-19,24,31H,6,15-17H2,1-5H3/t18-,19-,24-/m1/s1. The summed E-state index contributed by atoms with van der Waals surface area (Å²) in [7, 11) is 3.33. The molecule has 0 saturated carbocycles. The average molecular weight is 480 g/mol. The number of likely N-dealkylation sites (N-methyl/N-ethyl adjacent to an activating group) is 1. The van der Waals surface area contributed by atoms with Gasteiger partial charge in [-0.15, -0.1) is 0 Å². The number of aliphatic hydroxyl groups excluding tert-OH is 1. The van der Waals surface area contributed by atoms with E-state index in [2.05, 4.69) is 16.8 Å². The van der Waals surface area contributed by atoms with E-state index < -0.39 is 6.04 Å². The Kier molecular flexibility index (Phi) is 8.72. The van der Waals surface area contributed by atoms with Crippen LogP contribution in [-0.2, 0) is 4.79 Å². The molecule has 0 spiro atoms. The van der Waals surface area contributed by atoms with E-state index in [1.807, 2.05) is 38.1 Å². The summed E-state index contributed by atoms with van der Waals surface area (Å²) >= 11 is 0. The summed E-state index contributed by atoms with van der Waals surface area (Å²) in [6.07, 6.45) is 1.58. The van der Waals surface area contributed by atoms with Crippen molar-refractivity contribution in [3.63, 3.8) is 0 Å². The molecule has 2 heterocycles. The quantitative estimate of drug-likeness (QED) is 0.641. The van der Waals surface area contributed by atoms with Gasteiger partial charge in [-0.25, -0.2) is 4.98 Å². The number of hydrogen-bond acceptors (Lipinski definition) is 6. The molecule has 0 radical (unpaired) electrons. The smallest absolute Gasteiger partial charge is 0.259 e. The predicted octanol–water partition coefficient (Wildman–Crippen LogP) is 2.58. The van der Waals surface area contributed by atoms with Gasteiger partial charge in [0.2, 0.25) is 11.8 Å². The molecule has 1 N–H and O–H groups in total. The zero-order valence-corrected chi connectivity index (χ0v) is 20.9. The highest BCUT2D eigenvalue weighted by Crippen LogP contribution is 2.27. The number of benzene rings is 1. The largest absolute Gasteiger partial charge is 0.495 e. The first-order valence-electron chi connectivity index (χ1n) is 11.8. The number of ether oxygens (including phenoxy) is 2. The van der Waals surface area contributed by atoms with Gasteiger partial charge in [-0.1, -0.05) is 37.8 Å². The Morgan fingerprint density at radius 3 is 2.80 bits per heavy atom. The summed E-state index contributed by atoms with van der Waals surface area (Å²) in [5.74, 6) is 6.61. The number of aliphatic hydroxyl groups is 1. The molecule has 2 amide bonds. The Balaban J connectivity index is 2.00. The van der Waals surface area contributed by atoms with Crippen LogP contribution in [0.4, 0.5) is 0 Å². The van der Waals surface area contributed by atoms with Gasteiger partial charge in [0.25, 0.3) is 5.91 Å². The van der Waals surface area contributed by atoms with E-state index in [-0.39, 0.29) is 41.9 Å². The van der Waals surface area contributed by atoms with Crippen LogP contribution in [0.25, 0.3) is 0 Å². The molecule has 35 heavy (non-hydrogen) atoms. The maximum Gasteiger partial charge on any atom is 0.259 e. The van der Waals surface area contributed by atoms with Crippen LogP contribution in [0.5, 0.6) is 11.6 Å². The van der Waals surface area contributed by atoms with Crippen molar-refractivity contribution in [2.45, 2.75) is 39.3 Å². The summed E-state index contributed by atoms with van der Waals surface area (Å²) < 4.78 is 11.6. The lowest BCUT2D eigenvalue weighted by Gasteiger charge is -2.37. The van der Waals surface area contributed by atoms with Crippen molar-refractivity contribution >= 4 is 11.8 Å². The summed E-state index contributed by atoms with van der Waals surface area (Å²) in [6, 6.07) is 8.69. The Morgan fingerprint density at radius 1 is 1.37 bits per heavy atom. The first-order valence-corrected chi connectivity index (χ1v) is 11.8. The van der Waals surface area contributed by atoms with E-state index >= 15 is 0 Å². The first-order chi connectivity index (χ1) is 16.8. The number of rotatable bonds is 6. The fraction of sp³-hybridized carbons (Fsp3) is 0.444. The molecule has 0 saturated heterocycles. The van der Waals surface area contributed by atoms with Crippen LogP contribution in [0, 0.1) is 17.8 Å². The average Bonchev–Trinajstić information content (AvgIpc) is 2.88. The fourth-order valence-electron chi connectivity index (χ4n) is 3.92. The van der Waals surface area contributed by atoms with Gasteiger partial charge in [0, 0.05) is 37.7 Å². The SMILES string of the molecule is CCC(=O)N(C)C[C@H]1Oc2ncc(C#Cc3ccccc3OC)cc2C(=O)N([C@H](C)CO)C[C@H]1C. The normalized spacial score (nSPS) is 18.2. The van der Waals surface area contributed by atoms with Crippen LogP contribution in [0.2, 0.25) is 0 Å². The van der Waals surface area contributed by atoms with Crippen molar-refractivity contribution in [2.75, 3.05) is 33.9 Å². The molecule has 1 aromatic heterocycles. The Labute approximate surface area is 206 Å². The summed E-state index contributed by atoms with van der Waals surface area (Å²) in [6.45, 7) is 6.14. The molecular weight excluding hydrogens is 446 g/mol. The topological polar surface area (TPSA) is 92.2 Å². The van der Waals surface area contributed by atoms with Crippen LogP contribution in [-0.4, -0.2) is 77.7 Å². The van der Waals surface area contributed by atoms with E-state index in [1.54, 1.807) is 43.1 Å². The van der Waals surface area contributed by atoms with Gasteiger partial charge < -0.3 is 24.4 Å². The third-order valence-electron chi connectivity index (χ3n) is 6.15. The van der Waals surface area contributed by atoms with Crippen LogP contribution >= 0.6 is 0 Å². The number of nitrogens with zero attached hydrogens (tertiary/aromatic N) is 3. The number of amides is 2. The van der Waals surface area contributed by atoms with Crippen LogP contribution < -0.4 is 9.47 Å². The molecule has 0 fully saturated rings. The highest BCUT2D eigenvalue weighted by atomic mass is 16.5. The summed E-state index contributed by atoms with van der Waals surface area (Å²) in [4.78, 5) is 33.4. The number of carbonyl (C=O) groups is 2. The molecule has 0 bridgehead atoms. The maximum atomic E-state index is 13.5. The molecule has 1 aliphatic heterocycles. The molecule has 8 nitrogen and oxygen atoms in total. The van der Waals surface area contributed by atoms with Crippen molar-refractivity contribution in [3.05, 3.63) is 53.2 Å². The second kappa shape index (κ2) is 11.7. The third kappa shape index (κ3) is 6.11. The lowest BCUT2D eigenvalue weighted by molar-refractivity contribution is -0.131.